The van der Waals surface area contributed by atoms with E-state index < -0.39 is 0 Å². The Kier molecular flexibility index (Phi) is 5.46. The van der Waals surface area contributed by atoms with Gasteiger partial charge in [0.2, 0.25) is 0 Å². The SMILES string of the molecule is CCN1CCC(Cc2ccc(N=[N+]=[N-])cc2N=[N+]=[N-])CC1. The summed E-state index contributed by atoms with van der Waals surface area (Å²) in [6, 6.07) is 5.32. The lowest BCUT2D eigenvalue weighted by molar-refractivity contribution is 0.192. The zero-order chi connectivity index (χ0) is 15.1. The highest BCUT2D eigenvalue weighted by Gasteiger charge is 2.19. The van der Waals surface area contributed by atoms with Crippen molar-refractivity contribution in [3.05, 3.63) is 44.6 Å². The molecule has 0 bridgehead atoms. The first-order valence-corrected chi connectivity index (χ1v) is 7.22. The molecule has 0 spiro atoms. The fourth-order valence-electron chi connectivity index (χ4n) is 2.80. The van der Waals surface area contributed by atoms with Gasteiger partial charge in [0.15, 0.2) is 0 Å². The molecule has 1 aromatic rings. The van der Waals surface area contributed by atoms with Gasteiger partial charge in [0.25, 0.3) is 0 Å². The second-order valence-electron chi connectivity index (χ2n) is 5.27. The number of benzene rings is 1. The second-order valence-corrected chi connectivity index (χ2v) is 5.27. The molecule has 21 heavy (non-hydrogen) atoms. The van der Waals surface area contributed by atoms with Gasteiger partial charge >= 0.3 is 0 Å². The Balaban J connectivity index is 2.12. The molecule has 1 aromatic carbocycles. The van der Waals surface area contributed by atoms with E-state index in [-0.39, 0.29) is 0 Å². The predicted octanol–water partition coefficient (Wildman–Crippen LogP) is 4.84. The van der Waals surface area contributed by atoms with Crippen molar-refractivity contribution >= 4 is 11.4 Å². The summed E-state index contributed by atoms with van der Waals surface area (Å²) in [7, 11) is 0. The molecule has 1 aliphatic rings. The predicted molar refractivity (Wildman–Crippen MR) is 82.6 cm³/mol. The van der Waals surface area contributed by atoms with E-state index in [9.17, 15) is 0 Å². The Bertz CT molecular complexity index is 577. The van der Waals surface area contributed by atoms with Gasteiger partial charge in [-0.05, 0) is 67.5 Å². The van der Waals surface area contributed by atoms with Crippen LogP contribution in [-0.2, 0) is 6.42 Å². The van der Waals surface area contributed by atoms with Gasteiger partial charge in [-0.2, -0.15) is 0 Å². The lowest BCUT2D eigenvalue weighted by Crippen LogP contribution is -2.34. The monoisotopic (exact) mass is 285 g/mol. The number of piperidine rings is 1. The fraction of sp³-hybridized carbons (Fsp3) is 0.571. The molecular formula is C14H19N7. The number of hydrogen-bond acceptors (Lipinski definition) is 3. The van der Waals surface area contributed by atoms with Crippen LogP contribution in [0.2, 0.25) is 0 Å². The van der Waals surface area contributed by atoms with Gasteiger partial charge in [-0.15, -0.1) is 0 Å². The van der Waals surface area contributed by atoms with Gasteiger partial charge in [-0.25, -0.2) is 0 Å². The van der Waals surface area contributed by atoms with Gasteiger partial charge in [0, 0.05) is 21.2 Å². The minimum absolute atomic E-state index is 0.476. The van der Waals surface area contributed by atoms with Crippen molar-refractivity contribution in [3.63, 3.8) is 0 Å². The molecule has 110 valence electrons. The quantitative estimate of drug-likeness (QED) is 0.431. The van der Waals surface area contributed by atoms with E-state index in [1.165, 1.54) is 12.8 Å². The van der Waals surface area contributed by atoms with Crippen LogP contribution < -0.4 is 0 Å². The number of nitrogens with zero attached hydrogens (tertiary/aromatic N) is 7. The number of rotatable bonds is 5. The summed E-state index contributed by atoms with van der Waals surface area (Å²) in [6.45, 7) is 5.57. The van der Waals surface area contributed by atoms with E-state index in [4.69, 9.17) is 11.1 Å². The minimum atomic E-state index is 0.476. The van der Waals surface area contributed by atoms with Gasteiger partial charge in [0.05, 0.1) is 0 Å². The van der Waals surface area contributed by atoms with Crippen LogP contribution in [0.25, 0.3) is 20.9 Å². The first-order valence-electron chi connectivity index (χ1n) is 7.22. The molecule has 1 fully saturated rings. The summed E-state index contributed by atoms with van der Waals surface area (Å²) in [6.07, 6.45) is 3.24. The second kappa shape index (κ2) is 7.55. The third-order valence-corrected chi connectivity index (χ3v) is 4.04. The van der Waals surface area contributed by atoms with Crippen LogP contribution in [0.5, 0.6) is 0 Å². The van der Waals surface area contributed by atoms with Crippen molar-refractivity contribution in [2.45, 2.75) is 26.2 Å². The van der Waals surface area contributed by atoms with E-state index in [2.05, 4.69) is 31.9 Å². The lowest BCUT2D eigenvalue weighted by Gasteiger charge is -2.31. The summed E-state index contributed by atoms with van der Waals surface area (Å²) >= 11 is 0. The largest absolute Gasteiger partial charge is 0.304 e. The Hall–Kier alpha value is -2.20. The van der Waals surface area contributed by atoms with E-state index >= 15 is 0 Å². The molecule has 0 N–H and O–H groups in total. The number of likely N-dealkylation sites (tertiary alicyclic amines) is 1. The Morgan fingerprint density at radius 3 is 2.52 bits per heavy atom. The third kappa shape index (κ3) is 4.13. The van der Waals surface area contributed by atoms with Crippen molar-refractivity contribution in [1.29, 1.82) is 0 Å². The molecule has 0 amide bonds. The summed E-state index contributed by atoms with van der Waals surface area (Å²) in [4.78, 5) is 8.08. The average Bonchev–Trinajstić information content (AvgIpc) is 2.51. The molecule has 0 saturated carbocycles. The van der Waals surface area contributed by atoms with Crippen LogP contribution in [0.1, 0.15) is 25.3 Å². The zero-order valence-corrected chi connectivity index (χ0v) is 12.2. The standard InChI is InChI=1S/C14H19N7/c1-2-21-7-5-11(6-8-21)9-12-3-4-13(17-19-15)10-14(12)18-20-16/h3-4,10-11H,2,5-9H2,1H3. The van der Waals surface area contributed by atoms with Crippen LogP contribution in [0.3, 0.4) is 0 Å². The van der Waals surface area contributed by atoms with Crippen molar-refractivity contribution in [2.75, 3.05) is 19.6 Å². The molecule has 0 aromatic heterocycles. The van der Waals surface area contributed by atoms with Gasteiger partial charge in [-0.3, -0.25) is 0 Å². The molecule has 1 aliphatic heterocycles. The minimum Gasteiger partial charge on any atom is -0.304 e. The lowest BCUT2D eigenvalue weighted by atomic mass is 9.89. The maximum absolute atomic E-state index is 8.69. The maximum atomic E-state index is 8.69. The molecule has 0 radical (unpaired) electrons. The molecule has 1 saturated heterocycles. The first-order chi connectivity index (χ1) is 10.3. The number of azide groups is 2. The van der Waals surface area contributed by atoms with Crippen molar-refractivity contribution in [1.82, 2.24) is 4.90 Å². The summed E-state index contributed by atoms with van der Waals surface area (Å²) < 4.78 is 0. The van der Waals surface area contributed by atoms with Crippen LogP contribution in [-0.4, -0.2) is 24.5 Å². The average molecular weight is 285 g/mol. The highest BCUT2D eigenvalue weighted by Crippen LogP contribution is 2.30. The maximum Gasteiger partial charge on any atom is 0.0412 e. The first kappa shape index (κ1) is 15.2. The molecule has 0 unspecified atom stereocenters. The van der Waals surface area contributed by atoms with E-state index in [1.807, 2.05) is 6.07 Å². The summed E-state index contributed by atoms with van der Waals surface area (Å²) in [5.74, 6) is 0.616. The van der Waals surface area contributed by atoms with Crippen molar-refractivity contribution in [3.8, 4) is 0 Å². The van der Waals surface area contributed by atoms with Crippen molar-refractivity contribution < 1.29 is 0 Å². The van der Waals surface area contributed by atoms with E-state index in [0.29, 0.717) is 17.3 Å². The van der Waals surface area contributed by atoms with Crippen LogP contribution >= 0.6 is 0 Å². The molecular weight excluding hydrogens is 266 g/mol. The third-order valence-electron chi connectivity index (χ3n) is 4.04. The van der Waals surface area contributed by atoms with Crippen molar-refractivity contribution in [2.24, 2.45) is 16.1 Å². The summed E-state index contributed by atoms with van der Waals surface area (Å²) in [5, 5.41) is 7.28. The van der Waals surface area contributed by atoms with Gasteiger partial charge < -0.3 is 4.90 Å². The zero-order valence-electron chi connectivity index (χ0n) is 12.2. The van der Waals surface area contributed by atoms with Gasteiger partial charge in [-0.1, -0.05) is 29.3 Å². The van der Waals surface area contributed by atoms with Crippen LogP contribution in [0.15, 0.2) is 28.4 Å². The Labute approximate surface area is 123 Å². The fourth-order valence-corrected chi connectivity index (χ4v) is 2.80. The summed E-state index contributed by atoms with van der Waals surface area (Å²) in [5.41, 5.74) is 19.2. The van der Waals surface area contributed by atoms with Crippen LogP contribution in [0.4, 0.5) is 11.4 Å². The molecule has 0 aliphatic carbocycles. The Morgan fingerprint density at radius 1 is 1.19 bits per heavy atom. The molecule has 0 atom stereocenters. The molecule has 1 heterocycles. The molecule has 7 heteroatoms. The van der Waals surface area contributed by atoms with E-state index in [0.717, 1.165) is 31.6 Å². The highest BCUT2D eigenvalue weighted by molar-refractivity contribution is 5.55. The number of hydrogen-bond donors (Lipinski definition) is 0. The van der Waals surface area contributed by atoms with Gasteiger partial charge in [0.1, 0.15) is 0 Å². The highest BCUT2D eigenvalue weighted by atomic mass is 15.1. The topological polar surface area (TPSA) is 101 Å². The molecule has 2 rings (SSSR count). The smallest absolute Gasteiger partial charge is 0.0412 e. The van der Waals surface area contributed by atoms with E-state index in [1.54, 1.807) is 12.1 Å². The Morgan fingerprint density at radius 2 is 1.90 bits per heavy atom. The van der Waals surface area contributed by atoms with Crippen LogP contribution in [0, 0.1) is 5.92 Å². The molecule has 7 nitrogen and oxygen atoms in total. The normalized spacial score (nSPS) is 16.0.